The van der Waals surface area contributed by atoms with Crippen LogP contribution in [0.1, 0.15) is 38.8 Å². The Labute approximate surface area is 80.7 Å². The third-order valence-electron chi connectivity index (χ3n) is 2.29. The average molecular weight is 180 g/mol. The van der Waals surface area contributed by atoms with Gasteiger partial charge >= 0.3 is 0 Å². The first-order valence-electron chi connectivity index (χ1n) is 5.18. The van der Waals surface area contributed by atoms with Crippen LogP contribution < -0.4 is 5.32 Å². The van der Waals surface area contributed by atoms with E-state index >= 15 is 0 Å². The Hall–Kier alpha value is -0.760. The molecule has 2 nitrogen and oxygen atoms in total. The Kier molecular flexibility index (Phi) is 4.61. The van der Waals surface area contributed by atoms with Crippen LogP contribution in [0.4, 0.5) is 0 Å². The van der Waals surface area contributed by atoms with Gasteiger partial charge in [0.15, 0.2) is 0 Å². The summed E-state index contributed by atoms with van der Waals surface area (Å²) in [6.45, 7) is 5.44. The summed E-state index contributed by atoms with van der Waals surface area (Å²) in [5, 5.41) is 3.49. The van der Waals surface area contributed by atoms with Crippen LogP contribution in [0, 0.1) is 0 Å². The third-order valence-corrected chi connectivity index (χ3v) is 2.29. The standard InChI is InChI=1S/C11H20N2/c1-3-4-6-10(2)13-9-11-7-5-8-12-11/h5,7-8,10,12-13H,3-4,6,9H2,1-2H3. The fourth-order valence-electron chi connectivity index (χ4n) is 1.37. The minimum absolute atomic E-state index is 0.628. The lowest BCUT2D eigenvalue weighted by Crippen LogP contribution is -2.25. The van der Waals surface area contributed by atoms with Crippen LogP contribution in [0.5, 0.6) is 0 Å². The molecule has 0 saturated heterocycles. The van der Waals surface area contributed by atoms with Crippen molar-refractivity contribution in [2.24, 2.45) is 0 Å². The molecule has 0 bridgehead atoms. The normalized spacial score (nSPS) is 13.1. The number of hydrogen-bond donors (Lipinski definition) is 2. The van der Waals surface area contributed by atoms with Gasteiger partial charge in [-0.2, -0.15) is 0 Å². The maximum absolute atomic E-state index is 3.49. The molecule has 0 aromatic carbocycles. The molecule has 0 spiro atoms. The van der Waals surface area contributed by atoms with E-state index in [4.69, 9.17) is 0 Å². The molecule has 1 unspecified atom stereocenters. The van der Waals surface area contributed by atoms with Gasteiger partial charge in [-0.05, 0) is 25.5 Å². The van der Waals surface area contributed by atoms with E-state index < -0.39 is 0 Å². The molecule has 0 aliphatic heterocycles. The number of H-pyrrole nitrogens is 1. The topological polar surface area (TPSA) is 27.8 Å². The molecule has 0 fully saturated rings. The minimum Gasteiger partial charge on any atom is -0.364 e. The zero-order valence-corrected chi connectivity index (χ0v) is 8.64. The van der Waals surface area contributed by atoms with Gasteiger partial charge in [0, 0.05) is 24.5 Å². The predicted octanol–water partition coefficient (Wildman–Crippen LogP) is 2.68. The van der Waals surface area contributed by atoms with Crippen LogP contribution in [0.15, 0.2) is 18.3 Å². The van der Waals surface area contributed by atoms with E-state index in [0.717, 1.165) is 6.54 Å². The lowest BCUT2D eigenvalue weighted by Gasteiger charge is -2.12. The highest BCUT2D eigenvalue weighted by Crippen LogP contribution is 2.01. The van der Waals surface area contributed by atoms with Crippen LogP contribution >= 0.6 is 0 Å². The van der Waals surface area contributed by atoms with Crippen molar-refractivity contribution >= 4 is 0 Å². The molecule has 1 aromatic heterocycles. The minimum atomic E-state index is 0.628. The average Bonchev–Trinajstić information content (AvgIpc) is 2.64. The van der Waals surface area contributed by atoms with Gasteiger partial charge < -0.3 is 10.3 Å². The molecule has 1 atom stereocenters. The molecular formula is C11H20N2. The van der Waals surface area contributed by atoms with Crippen LogP contribution in [-0.2, 0) is 6.54 Å². The number of aromatic amines is 1. The monoisotopic (exact) mass is 180 g/mol. The Morgan fingerprint density at radius 3 is 3.00 bits per heavy atom. The fraction of sp³-hybridized carbons (Fsp3) is 0.636. The summed E-state index contributed by atoms with van der Waals surface area (Å²) in [6, 6.07) is 4.77. The van der Waals surface area contributed by atoms with E-state index in [1.54, 1.807) is 0 Å². The number of hydrogen-bond acceptors (Lipinski definition) is 1. The summed E-state index contributed by atoms with van der Waals surface area (Å²) in [4.78, 5) is 3.19. The van der Waals surface area contributed by atoms with Crippen molar-refractivity contribution in [2.45, 2.75) is 45.7 Å². The van der Waals surface area contributed by atoms with E-state index in [9.17, 15) is 0 Å². The van der Waals surface area contributed by atoms with E-state index in [1.807, 2.05) is 12.3 Å². The van der Waals surface area contributed by atoms with Gasteiger partial charge in [0.2, 0.25) is 0 Å². The fourth-order valence-corrected chi connectivity index (χ4v) is 1.37. The van der Waals surface area contributed by atoms with E-state index in [1.165, 1.54) is 25.0 Å². The first-order chi connectivity index (χ1) is 6.33. The molecule has 0 aliphatic rings. The Bertz CT molecular complexity index is 204. The third kappa shape index (κ3) is 4.13. The van der Waals surface area contributed by atoms with Crippen LogP contribution in [0.3, 0.4) is 0 Å². The number of nitrogens with one attached hydrogen (secondary N) is 2. The molecule has 0 saturated carbocycles. The van der Waals surface area contributed by atoms with Crippen molar-refractivity contribution in [3.8, 4) is 0 Å². The first-order valence-corrected chi connectivity index (χ1v) is 5.18. The second-order valence-corrected chi connectivity index (χ2v) is 3.62. The van der Waals surface area contributed by atoms with Crippen molar-refractivity contribution in [1.82, 2.24) is 10.3 Å². The van der Waals surface area contributed by atoms with E-state index in [0.29, 0.717) is 6.04 Å². The van der Waals surface area contributed by atoms with Gasteiger partial charge in [-0.15, -0.1) is 0 Å². The zero-order chi connectivity index (χ0) is 9.52. The Morgan fingerprint density at radius 1 is 1.54 bits per heavy atom. The lowest BCUT2D eigenvalue weighted by atomic mass is 10.1. The lowest BCUT2D eigenvalue weighted by molar-refractivity contribution is 0.492. The molecular weight excluding hydrogens is 160 g/mol. The summed E-state index contributed by atoms with van der Waals surface area (Å²) in [6.07, 6.45) is 5.85. The maximum atomic E-state index is 3.49. The second-order valence-electron chi connectivity index (χ2n) is 3.62. The van der Waals surface area contributed by atoms with Crippen molar-refractivity contribution in [2.75, 3.05) is 0 Å². The zero-order valence-electron chi connectivity index (χ0n) is 8.64. The van der Waals surface area contributed by atoms with Crippen LogP contribution in [0.25, 0.3) is 0 Å². The molecule has 0 aliphatic carbocycles. The predicted molar refractivity (Wildman–Crippen MR) is 56.6 cm³/mol. The van der Waals surface area contributed by atoms with Crippen LogP contribution in [-0.4, -0.2) is 11.0 Å². The summed E-state index contributed by atoms with van der Waals surface area (Å²) in [7, 11) is 0. The molecule has 74 valence electrons. The number of aromatic nitrogens is 1. The van der Waals surface area contributed by atoms with Crippen molar-refractivity contribution in [3.63, 3.8) is 0 Å². The van der Waals surface area contributed by atoms with Crippen LogP contribution in [0.2, 0.25) is 0 Å². The highest BCUT2D eigenvalue weighted by Gasteiger charge is 2.00. The number of rotatable bonds is 6. The Morgan fingerprint density at radius 2 is 2.38 bits per heavy atom. The van der Waals surface area contributed by atoms with E-state index in [2.05, 4.69) is 30.2 Å². The summed E-state index contributed by atoms with van der Waals surface area (Å²) < 4.78 is 0. The summed E-state index contributed by atoms with van der Waals surface area (Å²) in [5.41, 5.74) is 1.27. The van der Waals surface area contributed by atoms with Gasteiger partial charge in [0.05, 0.1) is 0 Å². The molecule has 13 heavy (non-hydrogen) atoms. The summed E-state index contributed by atoms with van der Waals surface area (Å²) >= 11 is 0. The van der Waals surface area contributed by atoms with Gasteiger partial charge in [-0.25, -0.2) is 0 Å². The maximum Gasteiger partial charge on any atom is 0.0359 e. The van der Waals surface area contributed by atoms with Gasteiger partial charge in [-0.3, -0.25) is 0 Å². The SMILES string of the molecule is CCCCC(C)NCc1ccc[nH]1. The van der Waals surface area contributed by atoms with Crippen molar-refractivity contribution in [3.05, 3.63) is 24.0 Å². The van der Waals surface area contributed by atoms with Crippen molar-refractivity contribution in [1.29, 1.82) is 0 Å². The highest BCUT2D eigenvalue weighted by atomic mass is 14.9. The van der Waals surface area contributed by atoms with E-state index in [-0.39, 0.29) is 0 Å². The first kappa shape index (κ1) is 10.3. The molecule has 1 aromatic rings. The highest BCUT2D eigenvalue weighted by molar-refractivity contribution is 5.02. The second kappa shape index (κ2) is 5.81. The molecule has 2 N–H and O–H groups in total. The van der Waals surface area contributed by atoms with Gasteiger partial charge in [-0.1, -0.05) is 19.8 Å². The molecule has 1 rings (SSSR count). The molecule has 2 heteroatoms. The smallest absolute Gasteiger partial charge is 0.0359 e. The molecule has 0 radical (unpaired) electrons. The van der Waals surface area contributed by atoms with Gasteiger partial charge in [0.1, 0.15) is 0 Å². The molecule has 1 heterocycles. The number of unbranched alkanes of at least 4 members (excludes halogenated alkanes) is 1. The molecule has 0 amide bonds. The largest absolute Gasteiger partial charge is 0.364 e. The van der Waals surface area contributed by atoms with Gasteiger partial charge in [0.25, 0.3) is 0 Å². The quantitative estimate of drug-likeness (QED) is 0.692. The van der Waals surface area contributed by atoms with Crippen molar-refractivity contribution < 1.29 is 0 Å². The Balaban J connectivity index is 2.11. The summed E-state index contributed by atoms with van der Waals surface area (Å²) in [5.74, 6) is 0.